The first-order valence-corrected chi connectivity index (χ1v) is 12.0. The number of benzene rings is 1. The normalized spacial score (nSPS) is 19.3. The van der Waals surface area contributed by atoms with E-state index in [1.807, 2.05) is 20.8 Å². The third kappa shape index (κ3) is 7.33. The van der Waals surface area contributed by atoms with E-state index in [1.165, 1.54) is 6.92 Å². The van der Waals surface area contributed by atoms with Crippen LogP contribution in [0.15, 0.2) is 12.1 Å². The van der Waals surface area contributed by atoms with Gasteiger partial charge in [0, 0.05) is 31.7 Å². The lowest BCUT2D eigenvalue weighted by molar-refractivity contribution is -0.0707. The zero-order valence-corrected chi connectivity index (χ0v) is 20.9. The minimum atomic E-state index is -1.37. The summed E-state index contributed by atoms with van der Waals surface area (Å²) in [4.78, 5) is 26.4. The highest BCUT2D eigenvalue weighted by Crippen LogP contribution is 2.31. The lowest BCUT2D eigenvalue weighted by Crippen LogP contribution is -2.48. The molecule has 0 saturated carbocycles. The molecule has 35 heavy (non-hydrogen) atoms. The van der Waals surface area contributed by atoms with E-state index in [1.54, 1.807) is 0 Å². The fraction of sp³-hybridized carbons (Fsp3) is 0.522. The maximum absolute atomic E-state index is 14.1. The Morgan fingerprint density at radius 1 is 1.29 bits per heavy atom. The smallest absolute Gasteiger partial charge is 0.344 e. The molecule has 0 radical (unpaired) electrons. The molecule has 9 nitrogen and oxygen atoms in total. The molecule has 1 aliphatic rings. The number of carboxylic acid groups (broad SMARTS) is 1. The van der Waals surface area contributed by atoms with Gasteiger partial charge in [-0.3, -0.25) is 10.2 Å². The predicted octanol–water partition coefficient (Wildman–Crippen LogP) is 3.87. The van der Waals surface area contributed by atoms with Gasteiger partial charge in [-0.05, 0) is 55.9 Å². The Hall–Kier alpha value is -2.83. The van der Waals surface area contributed by atoms with Crippen molar-refractivity contribution in [1.29, 1.82) is 0 Å². The van der Waals surface area contributed by atoms with E-state index in [4.69, 9.17) is 9.47 Å². The second kappa shape index (κ2) is 11.7. The summed E-state index contributed by atoms with van der Waals surface area (Å²) in [6.45, 7) is 9.90. The molecule has 2 amide bonds. The van der Waals surface area contributed by atoms with E-state index in [0.29, 0.717) is 6.54 Å². The molecule has 3 atom stereocenters. The Balaban J connectivity index is 1.55. The maximum Gasteiger partial charge on any atom is 0.344 e. The van der Waals surface area contributed by atoms with Gasteiger partial charge in [0.1, 0.15) is 23.2 Å². The highest BCUT2D eigenvalue weighted by Gasteiger charge is 2.25. The van der Waals surface area contributed by atoms with E-state index in [0.717, 1.165) is 43.3 Å². The van der Waals surface area contributed by atoms with Crippen molar-refractivity contribution in [3.05, 3.63) is 40.5 Å². The first-order chi connectivity index (χ1) is 16.5. The topological polar surface area (TPSA) is 113 Å². The predicted molar refractivity (Wildman–Crippen MR) is 127 cm³/mol. The number of amides is 2. The number of urea groups is 1. The van der Waals surface area contributed by atoms with Crippen molar-refractivity contribution >= 4 is 28.5 Å². The molecule has 3 rings (SSSR count). The quantitative estimate of drug-likeness (QED) is 0.467. The van der Waals surface area contributed by atoms with Crippen LogP contribution in [0.2, 0.25) is 0 Å². The summed E-state index contributed by atoms with van der Waals surface area (Å²) in [5.74, 6) is -2.79. The van der Waals surface area contributed by atoms with Crippen LogP contribution in [0.4, 0.5) is 18.6 Å². The summed E-state index contributed by atoms with van der Waals surface area (Å²) < 4.78 is 42.8. The largest absolute Gasteiger partial charge is 0.477 e. The third-order valence-corrected chi connectivity index (χ3v) is 6.22. The molecular weight excluding hydrogens is 482 g/mol. The number of carbonyl (C=O) groups is 2. The van der Waals surface area contributed by atoms with Gasteiger partial charge in [0.05, 0.1) is 12.2 Å². The van der Waals surface area contributed by atoms with Gasteiger partial charge in [0.15, 0.2) is 5.56 Å². The van der Waals surface area contributed by atoms with Gasteiger partial charge in [0.2, 0.25) is 5.88 Å². The van der Waals surface area contributed by atoms with Crippen molar-refractivity contribution < 1.29 is 33.0 Å². The van der Waals surface area contributed by atoms with Gasteiger partial charge in [0.25, 0.3) is 0 Å². The molecule has 192 valence electrons. The Kier molecular flexibility index (Phi) is 8.98. The molecule has 1 fully saturated rings. The van der Waals surface area contributed by atoms with E-state index in [-0.39, 0.29) is 45.7 Å². The molecule has 12 heteroatoms. The number of hydrogen-bond donors (Lipinski definition) is 3. The molecule has 3 N–H and O–H groups in total. The lowest BCUT2D eigenvalue weighted by Gasteiger charge is -2.36. The molecule has 1 aromatic heterocycles. The fourth-order valence-corrected chi connectivity index (χ4v) is 4.67. The molecule has 0 bridgehead atoms. The van der Waals surface area contributed by atoms with E-state index in [9.17, 15) is 23.5 Å². The number of aryl methyl sites for hydroxylation is 1. The Labute approximate surface area is 206 Å². The number of nitrogens with one attached hydrogen (secondary N) is 2. The third-order valence-electron chi connectivity index (χ3n) is 5.47. The number of carbonyl (C=O) groups excluding carboxylic acids is 1. The molecule has 1 aromatic carbocycles. The van der Waals surface area contributed by atoms with Crippen molar-refractivity contribution in [3.8, 4) is 5.88 Å². The van der Waals surface area contributed by atoms with Crippen LogP contribution in [0, 0.1) is 24.5 Å². The van der Waals surface area contributed by atoms with Crippen LogP contribution in [-0.2, 0) is 11.3 Å². The van der Waals surface area contributed by atoms with Crippen LogP contribution < -0.4 is 15.4 Å². The maximum atomic E-state index is 14.1. The standard InChI is InChI=1S/C23H30F2N4O5S/c1-12(8-29-9-14(3)34-15(4)10-29)7-26-23(32)27-21-19(22(30)31)20(28-35-21)33-11-16-6-17(24)13(2)5-18(16)25/h5-6,12,14-15H,7-11H2,1-4H3,(H,30,31)(H2,26,27,32). The minimum Gasteiger partial charge on any atom is -0.477 e. The van der Waals surface area contributed by atoms with E-state index in [2.05, 4.69) is 19.9 Å². The molecular formula is C23H30F2N4O5S. The zero-order valence-electron chi connectivity index (χ0n) is 20.1. The fourth-order valence-electron chi connectivity index (χ4n) is 3.95. The number of aromatic nitrogens is 1. The Morgan fingerprint density at radius 3 is 2.63 bits per heavy atom. The number of nitrogens with zero attached hydrogens (tertiary/aromatic N) is 2. The van der Waals surface area contributed by atoms with Crippen molar-refractivity contribution in [2.75, 3.05) is 31.5 Å². The van der Waals surface area contributed by atoms with Crippen LogP contribution in [0.1, 0.15) is 42.3 Å². The summed E-state index contributed by atoms with van der Waals surface area (Å²) in [7, 11) is 0. The van der Waals surface area contributed by atoms with Crippen LogP contribution in [0.3, 0.4) is 0 Å². The molecule has 3 unspecified atom stereocenters. The van der Waals surface area contributed by atoms with Crippen molar-refractivity contribution in [3.63, 3.8) is 0 Å². The van der Waals surface area contributed by atoms with Gasteiger partial charge < -0.3 is 19.9 Å². The number of morpholine rings is 1. The molecule has 1 saturated heterocycles. The Bertz CT molecular complexity index is 1060. The van der Waals surface area contributed by atoms with Gasteiger partial charge in [-0.15, -0.1) is 0 Å². The van der Waals surface area contributed by atoms with Gasteiger partial charge in [-0.2, -0.15) is 4.37 Å². The second-order valence-electron chi connectivity index (χ2n) is 8.89. The number of ether oxygens (including phenoxy) is 2. The zero-order chi connectivity index (χ0) is 25.7. The molecule has 2 heterocycles. The second-order valence-corrected chi connectivity index (χ2v) is 9.67. The van der Waals surface area contributed by atoms with Crippen LogP contribution >= 0.6 is 11.5 Å². The number of halogens is 2. The molecule has 1 aliphatic heterocycles. The monoisotopic (exact) mass is 512 g/mol. The summed E-state index contributed by atoms with van der Waals surface area (Å²) in [5.41, 5.74) is -0.294. The summed E-state index contributed by atoms with van der Waals surface area (Å²) in [6.07, 6.45) is 0.307. The van der Waals surface area contributed by atoms with Gasteiger partial charge in [-0.1, -0.05) is 6.92 Å². The van der Waals surface area contributed by atoms with Gasteiger partial charge in [-0.25, -0.2) is 18.4 Å². The van der Waals surface area contributed by atoms with Crippen LogP contribution in [-0.4, -0.2) is 64.8 Å². The summed E-state index contributed by atoms with van der Waals surface area (Å²) in [5, 5.41) is 14.8. The van der Waals surface area contributed by atoms with E-state index < -0.39 is 30.2 Å². The molecule has 0 spiro atoms. The molecule has 0 aliphatic carbocycles. The summed E-state index contributed by atoms with van der Waals surface area (Å²) in [6, 6.07) is 1.44. The molecule has 2 aromatic rings. The van der Waals surface area contributed by atoms with Crippen molar-refractivity contribution in [2.24, 2.45) is 5.92 Å². The first-order valence-electron chi connectivity index (χ1n) is 11.3. The minimum absolute atomic E-state index is 0.0240. The Morgan fingerprint density at radius 2 is 1.97 bits per heavy atom. The van der Waals surface area contributed by atoms with Gasteiger partial charge >= 0.3 is 12.0 Å². The number of hydrogen-bond acceptors (Lipinski definition) is 7. The highest BCUT2D eigenvalue weighted by molar-refractivity contribution is 7.11. The number of rotatable bonds is 9. The number of carboxylic acids is 1. The van der Waals surface area contributed by atoms with Crippen molar-refractivity contribution in [2.45, 2.75) is 46.5 Å². The van der Waals surface area contributed by atoms with Crippen LogP contribution in [0.5, 0.6) is 5.88 Å². The number of anilines is 1. The average molecular weight is 513 g/mol. The highest BCUT2D eigenvalue weighted by atomic mass is 32.1. The summed E-state index contributed by atoms with van der Waals surface area (Å²) >= 11 is 0.723. The SMILES string of the molecule is Cc1cc(F)c(COc2nsc(NC(=O)NCC(C)CN3CC(C)OC(C)C3)c2C(=O)O)cc1F. The van der Waals surface area contributed by atoms with Crippen molar-refractivity contribution in [1.82, 2.24) is 14.6 Å². The lowest BCUT2D eigenvalue weighted by atomic mass is 10.1. The van der Waals surface area contributed by atoms with Crippen LogP contribution in [0.25, 0.3) is 0 Å². The first kappa shape index (κ1) is 26.8. The van der Waals surface area contributed by atoms with E-state index >= 15 is 0 Å². The average Bonchev–Trinajstić information content (AvgIpc) is 3.15. The number of aromatic carboxylic acids is 1.